The van der Waals surface area contributed by atoms with Gasteiger partial charge in [0.15, 0.2) is 0 Å². The first kappa shape index (κ1) is 16.6. The zero-order valence-corrected chi connectivity index (χ0v) is 11.4. The van der Waals surface area contributed by atoms with E-state index in [1.54, 1.807) is 19.2 Å². The van der Waals surface area contributed by atoms with E-state index in [9.17, 15) is 18.0 Å². The van der Waals surface area contributed by atoms with Crippen molar-refractivity contribution in [3.63, 3.8) is 0 Å². The number of nitrogens with one attached hydrogen (secondary N) is 2. The van der Waals surface area contributed by atoms with Crippen molar-refractivity contribution < 1.29 is 22.7 Å². The molecule has 0 atom stereocenters. The molecule has 0 heterocycles. The Morgan fingerprint density at radius 3 is 2.70 bits per heavy atom. The minimum Gasteiger partial charge on any atom is -0.387 e. The molecule has 20 heavy (non-hydrogen) atoms. The summed E-state index contributed by atoms with van der Waals surface area (Å²) in [4.78, 5) is 11.8. The monoisotopic (exact) mass is 310 g/mol. The van der Waals surface area contributed by atoms with Crippen molar-refractivity contribution in [1.82, 2.24) is 5.32 Å². The Morgan fingerprint density at radius 1 is 1.40 bits per heavy atom. The van der Waals surface area contributed by atoms with Gasteiger partial charge in [0.05, 0.1) is 12.2 Å². The smallest absolute Gasteiger partial charge is 0.387 e. The van der Waals surface area contributed by atoms with Gasteiger partial charge in [0.2, 0.25) is 0 Å². The number of halogens is 4. The summed E-state index contributed by atoms with van der Waals surface area (Å²) >= 11 is 5.79. The zero-order valence-electron chi connectivity index (χ0n) is 10.7. The van der Waals surface area contributed by atoms with Crippen molar-refractivity contribution in [2.24, 2.45) is 0 Å². The number of rotatable bonds is 6. The van der Waals surface area contributed by atoms with Crippen molar-refractivity contribution in [3.8, 4) is 0 Å². The minimum atomic E-state index is -4.36. The molecule has 1 rings (SSSR count). The van der Waals surface area contributed by atoms with Gasteiger partial charge in [0, 0.05) is 24.3 Å². The molecular weight excluding hydrogens is 297 g/mol. The fourth-order valence-electron chi connectivity index (χ4n) is 1.44. The molecule has 0 aliphatic heterocycles. The molecule has 0 radical (unpaired) electrons. The lowest BCUT2D eigenvalue weighted by Crippen LogP contribution is -2.29. The predicted octanol–water partition coefficient (Wildman–Crippen LogP) is 2.69. The van der Waals surface area contributed by atoms with Crippen LogP contribution in [0.4, 0.5) is 18.9 Å². The van der Waals surface area contributed by atoms with E-state index in [-0.39, 0.29) is 13.2 Å². The third-order valence-electron chi connectivity index (χ3n) is 2.29. The Kier molecular flexibility index (Phi) is 6.09. The summed E-state index contributed by atoms with van der Waals surface area (Å²) in [5.41, 5.74) is 0.888. The van der Waals surface area contributed by atoms with Crippen molar-refractivity contribution in [2.75, 3.05) is 32.1 Å². The Labute approximate surface area is 119 Å². The second-order valence-corrected chi connectivity index (χ2v) is 4.30. The van der Waals surface area contributed by atoms with Gasteiger partial charge >= 0.3 is 6.18 Å². The standard InChI is InChI=1S/C12H14ClF3N2O2/c1-17-10-3-2-8(13)6-9(10)11(19)18-4-5-20-7-12(14,15)16/h2-3,6,17H,4-5,7H2,1H3,(H,18,19). The molecule has 0 fully saturated rings. The van der Waals surface area contributed by atoms with E-state index in [0.717, 1.165) is 0 Å². The van der Waals surface area contributed by atoms with Gasteiger partial charge < -0.3 is 15.4 Å². The molecule has 1 amide bonds. The van der Waals surface area contributed by atoms with E-state index >= 15 is 0 Å². The summed E-state index contributed by atoms with van der Waals surface area (Å²) in [6.45, 7) is -1.58. The number of ether oxygens (including phenoxy) is 1. The van der Waals surface area contributed by atoms with Crippen LogP contribution in [0.2, 0.25) is 5.02 Å². The second-order valence-electron chi connectivity index (χ2n) is 3.86. The van der Waals surface area contributed by atoms with Gasteiger partial charge in [0.25, 0.3) is 5.91 Å². The SMILES string of the molecule is CNc1ccc(Cl)cc1C(=O)NCCOCC(F)(F)F. The van der Waals surface area contributed by atoms with E-state index in [4.69, 9.17) is 11.6 Å². The first-order valence-corrected chi connectivity index (χ1v) is 6.11. The van der Waals surface area contributed by atoms with E-state index < -0.39 is 18.7 Å². The lowest BCUT2D eigenvalue weighted by atomic mass is 10.1. The lowest BCUT2D eigenvalue weighted by Gasteiger charge is -2.11. The highest BCUT2D eigenvalue weighted by Crippen LogP contribution is 2.20. The van der Waals surface area contributed by atoms with Crippen LogP contribution in [0.15, 0.2) is 18.2 Å². The first-order valence-electron chi connectivity index (χ1n) is 5.73. The number of benzene rings is 1. The molecule has 8 heteroatoms. The highest BCUT2D eigenvalue weighted by Gasteiger charge is 2.27. The molecule has 0 saturated heterocycles. The van der Waals surface area contributed by atoms with Crippen LogP contribution < -0.4 is 10.6 Å². The number of alkyl halides is 3. The van der Waals surface area contributed by atoms with Gasteiger partial charge in [-0.05, 0) is 18.2 Å². The molecule has 0 aliphatic rings. The summed E-state index contributed by atoms with van der Waals surface area (Å²) in [6, 6.07) is 4.73. The molecule has 0 aliphatic carbocycles. The average molecular weight is 311 g/mol. The summed E-state index contributed by atoms with van der Waals surface area (Å²) < 4.78 is 39.8. The molecule has 0 saturated carbocycles. The number of amides is 1. The highest BCUT2D eigenvalue weighted by atomic mass is 35.5. The second kappa shape index (κ2) is 7.35. The molecule has 0 bridgehead atoms. The molecule has 1 aromatic rings. The molecular formula is C12H14ClF3N2O2. The van der Waals surface area contributed by atoms with E-state index in [2.05, 4.69) is 15.4 Å². The molecule has 1 aromatic carbocycles. The molecule has 0 unspecified atom stereocenters. The normalized spacial score (nSPS) is 11.2. The van der Waals surface area contributed by atoms with E-state index in [1.165, 1.54) is 6.07 Å². The molecule has 112 valence electrons. The topological polar surface area (TPSA) is 50.4 Å². The minimum absolute atomic E-state index is 0.0232. The average Bonchev–Trinajstić information content (AvgIpc) is 2.36. The largest absolute Gasteiger partial charge is 0.411 e. The molecule has 2 N–H and O–H groups in total. The third-order valence-corrected chi connectivity index (χ3v) is 2.53. The van der Waals surface area contributed by atoms with Gasteiger partial charge in [-0.3, -0.25) is 4.79 Å². The Morgan fingerprint density at radius 2 is 2.10 bits per heavy atom. The van der Waals surface area contributed by atoms with Gasteiger partial charge in [-0.2, -0.15) is 13.2 Å². The van der Waals surface area contributed by atoms with Crippen LogP contribution in [0.25, 0.3) is 0 Å². The van der Waals surface area contributed by atoms with Crippen molar-refractivity contribution >= 4 is 23.2 Å². The quantitative estimate of drug-likeness (QED) is 0.794. The maximum atomic E-state index is 11.8. The van der Waals surface area contributed by atoms with Crippen molar-refractivity contribution in [1.29, 1.82) is 0 Å². The number of carbonyl (C=O) groups is 1. The van der Waals surface area contributed by atoms with E-state index in [1.807, 2.05) is 0 Å². The maximum absolute atomic E-state index is 11.8. The summed E-state index contributed by atoms with van der Waals surface area (Å²) in [7, 11) is 1.65. The summed E-state index contributed by atoms with van der Waals surface area (Å²) in [6.07, 6.45) is -4.36. The lowest BCUT2D eigenvalue weighted by molar-refractivity contribution is -0.173. The number of anilines is 1. The molecule has 4 nitrogen and oxygen atoms in total. The fourth-order valence-corrected chi connectivity index (χ4v) is 1.61. The maximum Gasteiger partial charge on any atom is 0.411 e. The summed E-state index contributed by atoms with van der Waals surface area (Å²) in [5, 5.41) is 5.67. The van der Waals surface area contributed by atoms with Crippen LogP contribution in [-0.4, -0.2) is 38.9 Å². The third kappa shape index (κ3) is 5.66. The molecule has 0 aromatic heterocycles. The predicted molar refractivity (Wildman–Crippen MR) is 70.2 cm³/mol. The van der Waals surface area contributed by atoms with Crippen LogP contribution in [0, 0.1) is 0 Å². The van der Waals surface area contributed by atoms with Gasteiger partial charge in [-0.25, -0.2) is 0 Å². The first-order chi connectivity index (χ1) is 9.33. The van der Waals surface area contributed by atoms with Crippen LogP contribution in [0.5, 0.6) is 0 Å². The van der Waals surface area contributed by atoms with E-state index in [0.29, 0.717) is 16.3 Å². The van der Waals surface area contributed by atoms with Gasteiger partial charge in [-0.1, -0.05) is 11.6 Å². The molecule has 0 spiro atoms. The van der Waals surface area contributed by atoms with Crippen molar-refractivity contribution in [2.45, 2.75) is 6.18 Å². The number of carbonyl (C=O) groups excluding carboxylic acids is 1. The zero-order chi connectivity index (χ0) is 15.2. The Balaban J connectivity index is 2.45. The Bertz CT molecular complexity index is 467. The summed E-state index contributed by atoms with van der Waals surface area (Å²) in [5.74, 6) is -0.438. The van der Waals surface area contributed by atoms with Crippen LogP contribution >= 0.6 is 11.6 Å². The Hall–Kier alpha value is -1.47. The van der Waals surface area contributed by atoms with Crippen LogP contribution in [0.1, 0.15) is 10.4 Å². The number of hydrogen-bond donors (Lipinski definition) is 2. The van der Waals surface area contributed by atoms with Gasteiger partial charge in [0.1, 0.15) is 6.61 Å². The van der Waals surface area contributed by atoms with Gasteiger partial charge in [-0.15, -0.1) is 0 Å². The fraction of sp³-hybridized carbons (Fsp3) is 0.417. The highest BCUT2D eigenvalue weighted by molar-refractivity contribution is 6.31. The number of hydrogen-bond acceptors (Lipinski definition) is 3. The van der Waals surface area contributed by atoms with Crippen LogP contribution in [-0.2, 0) is 4.74 Å². The van der Waals surface area contributed by atoms with Crippen LogP contribution in [0.3, 0.4) is 0 Å². The van der Waals surface area contributed by atoms with Crippen molar-refractivity contribution in [3.05, 3.63) is 28.8 Å².